The van der Waals surface area contributed by atoms with Crippen LogP contribution in [-0.4, -0.2) is 16.9 Å². The Balaban J connectivity index is 2.51. The van der Waals surface area contributed by atoms with Crippen molar-refractivity contribution in [1.82, 2.24) is 4.98 Å². The molecule has 0 unspecified atom stereocenters. The highest BCUT2D eigenvalue weighted by Gasteiger charge is 2.20. The Kier molecular flexibility index (Phi) is 4.37. The lowest BCUT2D eigenvalue weighted by molar-refractivity contribution is 0.100. The quantitative estimate of drug-likeness (QED) is 0.489. The third kappa shape index (κ3) is 3.15. The second-order valence-corrected chi connectivity index (χ2v) is 5.58. The van der Waals surface area contributed by atoms with Crippen LogP contribution in [0.15, 0.2) is 11.1 Å². The van der Waals surface area contributed by atoms with E-state index in [0.29, 0.717) is 5.56 Å². The topological polar surface area (TPSA) is 94.4 Å². The molecule has 0 fully saturated rings. The minimum Gasteiger partial charge on any atom is -0.370 e. The van der Waals surface area contributed by atoms with E-state index < -0.39 is 5.91 Å². The molecule has 0 saturated carbocycles. The van der Waals surface area contributed by atoms with Gasteiger partial charge < -0.3 is 11.5 Å². The zero-order chi connectivity index (χ0) is 14.7. The van der Waals surface area contributed by atoms with Gasteiger partial charge in [-0.15, -0.1) is 0 Å². The van der Waals surface area contributed by atoms with Crippen LogP contribution in [0.25, 0.3) is 0 Å². The van der Waals surface area contributed by atoms with Gasteiger partial charge in [0.15, 0.2) is 5.96 Å². The lowest BCUT2D eigenvalue weighted by atomic mass is 9.98. The predicted molar refractivity (Wildman–Crippen MR) is 79.7 cm³/mol. The van der Waals surface area contributed by atoms with Crippen molar-refractivity contribution in [3.63, 3.8) is 0 Å². The predicted octanol–water partition coefficient (Wildman–Crippen LogP) is 1.89. The molecule has 4 N–H and O–H groups in total. The first-order valence-electron chi connectivity index (χ1n) is 7.15. The maximum absolute atomic E-state index is 12.2. The number of pyridine rings is 1. The highest BCUT2D eigenvalue weighted by atomic mass is 16.1. The molecule has 20 heavy (non-hydrogen) atoms. The fraction of sp³-hybridized carbons (Fsp3) is 0.533. The Morgan fingerprint density at radius 2 is 1.95 bits per heavy atom. The van der Waals surface area contributed by atoms with Gasteiger partial charge in [0.2, 0.25) is 0 Å². The monoisotopic (exact) mass is 274 g/mol. The highest BCUT2D eigenvalue weighted by molar-refractivity contribution is 6.02. The molecule has 0 radical (unpaired) electrons. The number of amides is 1. The van der Waals surface area contributed by atoms with Crippen LogP contribution in [0.4, 0.5) is 0 Å². The van der Waals surface area contributed by atoms with Crippen LogP contribution >= 0.6 is 0 Å². The Bertz CT molecular complexity index is 545. The summed E-state index contributed by atoms with van der Waals surface area (Å²) in [5.74, 6) is -0.440. The summed E-state index contributed by atoms with van der Waals surface area (Å²) in [5.41, 5.74) is 14.2. The van der Waals surface area contributed by atoms with E-state index in [1.165, 1.54) is 18.4 Å². The molecule has 1 heterocycles. The van der Waals surface area contributed by atoms with Gasteiger partial charge in [-0.25, -0.2) is 0 Å². The number of aromatic nitrogens is 1. The summed E-state index contributed by atoms with van der Waals surface area (Å²) in [6.07, 6.45) is 5.49. The van der Waals surface area contributed by atoms with Crippen LogP contribution in [0, 0.1) is 0 Å². The van der Waals surface area contributed by atoms with E-state index in [0.717, 1.165) is 30.7 Å². The largest absolute Gasteiger partial charge is 0.370 e. The summed E-state index contributed by atoms with van der Waals surface area (Å²) in [6, 6.07) is 1.94. The molecule has 1 aromatic heterocycles. The highest BCUT2D eigenvalue weighted by Crippen LogP contribution is 2.26. The van der Waals surface area contributed by atoms with E-state index in [1.54, 1.807) is 0 Å². The van der Waals surface area contributed by atoms with Gasteiger partial charge in [0.05, 0.1) is 11.3 Å². The Morgan fingerprint density at radius 3 is 2.60 bits per heavy atom. The summed E-state index contributed by atoms with van der Waals surface area (Å²) in [6.45, 7) is 4.05. The molecule has 0 saturated heterocycles. The van der Waals surface area contributed by atoms with E-state index in [1.807, 2.05) is 19.9 Å². The van der Waals surface area contributed by atoms with Crippen molar-refractivity contribution in [2.75, 3.05) is 0 Å². The van der Waals surface area contributed by atoms with Gasteiger partial charge in [-0.2, -0.15) is 4.99 Å². The van der Waals surface area contributed by atoms with Crippen molar-refractivity contribution < 1.29 is 4.79 Å². The van der Waals surface area contributed by atoms with Crippen LogP contribution in [-0.2, 0) is 12.8 Å². The Hall–Kier alpha value is -1.91. The number of nitrogens with zero attached hydrogens (tertiary/aromatic N) is 2. The van der Waals surface area contributed by atoms with Crippen molar-refractivity contribution in [2.45, 2.75) is 51.9 Å². The normalized spacial score (nSPS) is 14.6. The van der Waals surface area contributed by atoms with E-state index in [2.05, 4.69) is 4.99 Å². The first kappa shape index (κ1) is 14.5. The van der Waals surface area contributed by atoms with Gasteiger partial charge in [0.1, 0.15) is 0 Å². The van der Waals surface area contributed by atoms with Crippen molar-refractivity contribution in [3.8, 4) is 0 Å². The van der Waals surface area contributed by atoms with Gasteiger partial charge in [0.25, 0.3) is 5.91 Å². The summed E-state index contributed by atoms with van der Waals surface area (Å²) in [7, 11) is 0. The molecular weight excluding hydrogens is 252 g/mol. The minimum atomic E-state index is -0.395. The number of rotatable bonds is 2. The molecule has 0 aliphatic heterocycles. The van der Waals surface area contributed by atoms with Crippen LogP contribution < -0.4 is 11.5 Å². The summed E-state index contributed by atoms with van der Waals surface area (Å²) >= 11 is 0. The van der Waals surface area contributed by atoms with Gasteiger partial charge in [-0.1, -0.05) is 20.3 Å². The minimum absolute atomic E-state index is 0.164. The molecule has 1 aliphatic rings. The van der Waals surface area contributed by atoms with Crippen molar-refractivity contribution in [2.24, 2.45) is 16.5 Å². The summed E-state index contributed by atoms with van der Waals surface area (Å²) < 4.78 is 0. The van der Waals surface area contributed by atoms with Crippen LogP contribution in [0.5, 0.6) is 0 Å². The molecule has 108 valence electrons. The molecular formula is C15H22N4O. The van der Waals surface area contributed by atoms with Gasteiger partial charge in [-0.3, -0.25) is 9.78 Å². The standard InChI is InChI=1S/C15H22N4O/c1-9(2)13-11(14(20)19-15(16)17)8-10-6-4-3-5-7-12(10)18-13/h8-9H,3-7H2,1-2H3,(H4,16,17,19,20). The van der Waals surface area contributed by atoms with E-state index in [4.69, 9.17) is 16.5 Å². The lowest BCUT2D eigenvalue weighted by Gasteiger charge is -2.14. The van der Waals surface area contributed by atoms with E-state index in [-0.39, 0.29) is 11.9 Å². The van der Waals surface area contributed by atoms with Crippen molar-refractivity contribution >= 4 is 11.9 Å². The number of carbonyl (C=O) groups excluding carboxylic acids is 1. The first-order chi connectivity index (χ1) is 9.49. The van der Waals surface area contributed by atoms with E-state index >= 15 is 0 Å². The summed E-state index contributed by atoms with van der Waals surface area (Å²) in [5, 5.41) is 0. The molecule has 0 atom stereocenters. The van der Waals surface area contributed by atoms with Crippen molar-refractivity contribution in [1.29, 1.82) is 0 Å². The lowest BCUT2D eigenvalue weighted by Crippen LogP contribution is -2.24. The summed E-state index contributed by atoms with van der Waals surface area (Å²) in [4.78, 5) is 20.6. The van der Waals surface area contributed by atoms with Gasteiger partial charge in [0, 0.05) is 5.69 Å². The third-order valence-corrected chi connectivity index (χ3v) is 3.59. The van der Waals surface area contributed by atoms with Crippen LogP contribution in [0.2, 0.25) is 0 Å². The first-order valence-corrected chi connectivity index (χ1v) is 7.15. The molecule has 2 rings (SSSR count). The molecule has 5 nitrogen and oxygen atoms in total. The van der Waals surface area contributed by atoms with Gasteiger partial charge in [-0.05, 0) is 43.2 Å². The third-order valence-electron chi connectivity index (χ3n) is 3.59. The Labute approximate surface area is 119 Å². The average molecular weight is 274 g/mol. The molecule has 1 aromatic rings. The van der Waals surface area contributed by atoms with Gasteiger partial charge >= 0.3 is 0 Å². The number of fused-ring (bicyclic) bond motifs is 1. The number of aliphatic imine (C=N–C) groups is 1. The molecule has 1 amide bonds. The second-order valence-electron chi connectivity index (χ2n) is 5.58. The number of aryl methyl sites for hydroxylation is 2. The number of hydrogen-bond donors (Lipinski definition) is 2. The SMILES string of the molecule is CC(C)c1nc2c(cc1C(=O)N=C(N)N)CCCCC2. The number of guanidine groups is 1. The zero-order valence-electron chi connectivity index (χ0n) is 12.1. The maximum atomic E-state index is 12.2. The average Bonchev–Trinajstić information content (AvgIpc) is 2.60. The fourth-order valence-electron chi connectivity index (χ4n) is 2.62. The number of hydrogen-bond acceptors (Lipinski definition) is 2. The zero-order valence-corrected chi connectivity index (χ0v) is 12.1. The molecule has 5 heteroatoms. The second kappa shape index (κ2) is 6.03. The molecule has 1 aliphatic carbocycles. The van der Waals surface area contributed by atoms with Crippen LogP contribution in [0.1, 0.15) is 66.3 Å². The molecule has 0 spiro atoms. The Morgan fingerprint density at radius 1 is 1.25 bits per heavy atom. The fourth-order valence-corrected chi connectivity index (χ4v) is 2.62. The number of nitrogens with two attached hydrogens (primary N) is 2. The number of carbonyl (C=O) groups is 1. The smallest absolute Gasteiger partial charge is 0.282 e. The maximum Gasteiger partial charge on any atom is 0.282 e. The molecule has 0 bridgehead atoms. The van der Waals surface area contributed by atoms with Crippen LogP contribution in [0.3, 0.4) is 0 Å². The van der Waals surface area contributed by atoms with E-state index in [9.17, 15) is 4.79 Å². The molecule has 0 aromatic carbocycles. The van der Waals surface area contributed by atoms with Crippen molar-refractivity contribution in [3.05, 3.63) is 28.6 Å².